The van der Waals surface area contributed by atoms with E-state index in [1.54, 1.807) is 39.5 Å². The van der Waals surface area contributed by atoms with Crippen molar-refractivity contribution in [2.24, 2.45) is 0 Å². The van der Waals surface area contributed by atoms with E-state index < -0.39 is 0 Å². The first-order valence-corrected chi connectivity index (χ1v) is 8.29. The minimum atomic E-state index is -0.294. The number of aromatic amines is 1. The fraction of sp³-hybridized carbons (Fsp3) is 0.200. The first-order valence-electron chi connectivity index (χ1n) is 8.29. The third-order valence-corrected chi connectivity index (χ3v) is 4.20. The molecule has 27 heavy (non-hydrogen) atoms. The molecule has 2 aromatic carbocycles. The number of nitrogens with one attached hydrogen (secondary N) is 2. The number of aryl methyl sites for hydroxylation is 1. The number of aromatic nitrogens is 2. The fourth-order valence-electron chi connectivity index (χ4n) is 2.64. The van der Waals surface area contributed by atoms with Gasteiger partial charge in [0.15, 0.2) is 0 Å². The number of carbonyl (C=O) groups is 1. The van der Waals surface area contributed by atoms with Gasteiger partial charge in [-0.15, -0.1) is 0 Å². The highest BCUT2D eigenvalue weighted by atomic mass is 16.5. The van der Waals surface area contributed by atoms with Gasteiger partial charge in [-0.3, -0.25) is 9.89 Å². The van der Waals surface area contributed by atoms with Crippen LogP contribution in [0.5, 0.6) is 17.2 Å². The number of anilines is 1. The van der Waals surface area contributed by atoms with Gasteiger partial charge in [-0.05, 0) is 36.8 Å². The lowest BCUT2D eigenvalue weighted by Gasteiger charge is -2.09. The summed E-state index contributed by atoms with van der Waals surface area (Å²) in [5.41, 5.74) is 3.30. The molecule has 0 saturated carbocycles. The lowest BCUT2D eigenvalue weighted by molar-refractivity contribution is 0.102. The Kier molecular flexibility index (Phi) is 5.30. The molecular weight excluding hydrogens is 346 g/mol. The summed E-state index contributed by atoms with van der Waals surface area (Å²) in [7, 11) is 4.75. The number of methoxy groups -OCH3 is 3. The highest BCUT2D eigenvalue weighted by Gasteiger charge is 2.15. The van der Waals surface area contributed by atoms with E-state index in [2.05, 4.69) is 15.5 Å². The lowest BCUT2D eigenvalue weighted by atomic mass is 10.1. The molecule has 0 aliphatic heterocycles. The van der Waals surface area contributed by atoms with Crippen LogP contribution in [-0.4, -0.2) is 37.4 Å². The predicted octanol–water partition coefficient (Wildman–Crippen LogP) is 3.66. The highest BCUT2D eigenvalue weighted by Crippen LogP contribution is 2.32. The Balaban J connectivity index is 1.85. The summed E-state index contributed by atoms with van der Waals surface area (Å²) in [4.78, 5) is 12.6. The molecule has 0 saturated heterocycles. The second-order valence-electron chi connectivity index (χ2n) is 5.87. The average Bonchev–Trinajstić information content (AvgIpc) is 3.19. The maximum Gasteiger partial charge on any atom is 0.273 e. The van der Waals surface area contributed by atoms with Gasteiger partial charge in [0.2, 0.25) is 0 Å². The molecule has 0 aliphatic rings. The number of carbonyl (C=O) groups excluding carboxylic acids is 1. The predicted molar refractivity (Wildman–Crippen MR) is 103 cm³/mol. The van der Waals surface area contributed by atoms with Crippen LogP contribution in [0.4, 0.5) is 5.69 Å². The van der Waals surface area contributed by atoms with Gasteiger partial charge in [-0.2, -0.15) is 5.10 Å². The number of benzene rings is 2. The highest BCUT2D eigenvalue weighted by molar-refractivity contribution is 6.04. The number of rotatable bonds is 6. The van der Waals surface area contributed by atoms with Gasteiger partial charge in [0.25, 0.3) is 5.91 Å². The second kappa shape index (κ2) is 7.82. The van der Waals surface area contributed by atoms with Crippen molar-refractivity contribution in [2.75, 3.05) is 26.6 Å². The maximum absolute atomic E-state index is 12.6. The third-order valence-electron chi connectivity index (χ3n) is 4.20. The van der Waals surface area contributed by atoms with Crippen molar-refractivity contribution in [3.05, 3.63) is 53.7 Å². The Hall–Kier alpha value is -3.48. The summed E-state index contributed by atoms with van der Waals surface area (Å²) < 4.78 is 15.8. The second-order valence-corrected chi connectivity index (χ2v) is 5.87. The molecule has 3 aromatic rings. The fourth-order valence-corrected chi connectivity index (χ4v) is 2.64. The first kappa shape index (κ1) is 18.3. The van der Waals surface area contributed by atoms with E-state index in [4.69, 9.17) is 14.2 Å². The zero-order chi connectivity index (χ0) is 19.4. The van der Waals surface area contributed by atoms with E-state index in [0.29, 0.717) is 34.3 Å². The molecule has 0 fully saturated rings. The molecule has 1 amide bonds. The minimum absolute atomic E-state index is 0.294. The van der Waals surface area contributed by atoms with Crippen LogP contribution < -0.4 is 19.5 Å². The van der Waals surface area contributed by atoms with Crippen LogP contribution in [0.3, 0.4) is 0 Å². The molecule has 3 rings (SSSR count). The molecule has 7 heteroatoms. The van der Waals surface area contributed by atoms with Gasteiger partial charge in [0.05, 0.1) is 27.0 Å². The summed E-state index contributed by atoms with van der Waals surface area (Å²) in [6.07, 6.45) is 0. The van der Waals surface area contributed by atoms with Gasteiger partial charge in [-0.25, -0.2) is 0 Å². The van der Waals surface area contributed by atoms with Crippen molar-refractivity contribution in [1.82, 2.24) is 10.2 Å². The Morgan fingerprint density at radius 3 is 2.37 bits per heavy atom. The van der Waals surface area contributed by atoms with Crippen molar-refractivity contribution in [3.8, 4) is 28.5 Å². The Bertz CT molecular complexity index is 966. The lowest BCUT2D eigenvalue weighted by Crippen LogP contribution is -2.13. The van der Waals surface area contributed by atoms with Crippen LogP contribution >= 0.6 is 0 Å². The van der Waals surface area contributed by atoms with E-state index >= 15 is 0 Å². The summed E-state index contributed by atoms with van der Waals surface area (Å²) in [6.45, 7) is 1.91. The smallest absolute Gasteiger partial charge is 0.273 e. The van der Waals surface area contributed by atoms with E-state index in [0.717, 1.165) is 11.1 Å². The number of ether oxygens (including phenoxy) is 3. The van der Waals surface area contributed by atoms with E-state index in [1.165, 1.54) is 0 Å². The summed E-state index contributed by atoms with van der Waals surface area (Å²) in [5.74, 6) is 1.66. The molecule has 1 aromatic heterocycles. The molecule has 0 spiro atoms. The topological polar surface area (TPSA) is 85.5 Å². The van der Waals surface area contributed by atoms with Crippen LogP contribution in [0.1, 0.15) is 16.1 Å². The van der Waals surface area contributed by atoms with E-state index in [1.807, 2.05) is 31.2 Å². The van der Waals surface area contributed by atoms with Crippen molar-refractivity contribution in [3.63, 3.8) is 0 Å². The van der Waals surface area contributed by atoms with Gasteiger partial charge < -0.3 is 19.5 Å². The average molecular weight is 367 g/mol. The molecule has 0 radical (unpaired) electrons. The minimum Gasteiger partial charge on any atom is -0.497 e. The quantitative estimate of drug-likeness (QED) is 0.694. The normalized spacial score (nSPS) is 10.4. The van der Waals surface area contributed by atoms with Crippen LogP contribution in [0, 0.1) is 6.92 Å². The molecule has 0 bridgehead atoms. The third kappa shape index (κ3) is 3.87. The molecule has 140 valence electrons. The monoisotopic (exact) mass is 367 g/mol. The van der Waals surface area contributed by atoms with Gasteiger partial charge in [0, 0.05) is 23.4 Å². The van der Waals surface area contributed by atoms with Gasteiger partial charge in [0.1, 0.15) is 22.9 Å². The molecule has 0 unspecified atom stereocenters. The maximum atomic E-state index is 12.6. The largest absolute Gasteiger partial charge is 0.497 e. The van der Waals surface area contributed by atoms with Crippen LogP contribution in [0.15, 0.2) is 42.5 Å². The standard InChI is InChI=1S/C20H21N3O4/c1-12-5-6-13(25-2)9-16(12)21-20(24)18-11-17(22-23-18)15-8-7-14(26-3)10-19(15)27-4/h5-11H,1-4H3,(H,21,24)(H,22,23). The number of hydrogen-bond acceptors (Lipinski definition) is 5. The number of amides is 1. The zero-order valence-corrected chi connectivity index (χ0v) is 15.6. The SMILES string of the molecule is COc1ccc(C)c(NC(=O)c2cc(-c3ccc(OC)cc3OC)n[nH]2)c1. The van der Waals surface area contributed by atoms with Gasteiger partial charge >= 0.3 is 0 Å². The van der Waals surface area contributed by atoms with E-state index in [-0.39, 0.29) is 5.91 Å². The number of hydrogen-bond donors (Lipinski definition) is 2. The summed E-state index contributed by atoms with van der Waals surface area (Å²) >= 11 is 0. The Morgan fingerprint density at radius 1 is 0.963 bits per heavy atom. The molecule has 2 N–H and O–H groups in total. The Labute approximate surface area is 157 Å². The van der Waals surface area contributed by atoms with Crippen molar-refractivity contribution in [1.29, 1.82) is 0 Å². The van der Waals surface area contributed by atoms with Crippen molar-refractivity contribution >= 4 is 11.6 Å². The molecular formula is C20H21N3O4. The van der Waals surface area contributed by atoms with Crippen molar-refractivity contribution in [2.45, 2.75) is 6.92 Å². The Morgan fingerprint density at radius 2 is 1.67 bits per heavy atom. The molecule has 0 atom stereocenters. The first-order chi connectivity index (χ1) is 13.0. The van der Waals surface area contributed by atoms with E-state index in [9.17, 15) is 4.79 Å². The summed E-state index contributed by atoms with van der Waals surface area (Å²) in [6, 6.07) is 12.6. The van der Waals surface area contributed by atoms with Crippen molar-refractivity contribution < 1.29 is 19.0 Å². The van der Waals surface area contributed by atoms with Crippen LogP contribution in [-0.2, 0) is 0 Å². The number of nitrogens with zero attached hydrogens (tertiary/aromatic N) is 1. The number of H-pyrrole nitrogens is 1. The summed E-state index contributed by atoms with van der Waals surface area (Å²) in [5, 5.41) is 9.88. The van der Waals surface area contributed by atoms with Gasteiger partial charge in [-0.1, -0.05) is 6.07 Å². The zero-order valence-electron chi connectivity index (χ0n) is 15.6. The molecule has 0 aliphatic carbocycles. The van der Waals surface area contributed by atoms with Crippen LogP contribution in [0.2, 0.25) is 0 Å². The van der Waals surface area contributed by atoms with Crippen LogP contribution in [0.25, 0.3) is 11.3 Å². The molecule has 7 nitrogen and oxygen atoms in total. The molecule has 1 heterocycles.